The lowest BCUT2D eigenvalue weighted by Crippen LogP contribution is -2.28. The number of hydrogen-bond acceptors (Lipinski definition) is 4. The van der Waals surface area contributed by atoms with Crippen LogP contribution in [0.3, 0.4) is 0 Å². The average Bonchev–Trinajstić information content (AvgIpc) is 2.67. The van der Waals surface area contributed by atoms with Crippen LogP contribution in [-0.4, -0.2) is 39.0 Å². The van der Waals surface area contributed by atoms with Gasteiger partial charge in [-0.05, 0) is 54.9 Å². The van der Waals surface area contributed by atoms with E-state index in [0.717, 1.165) is 72.7 Å². The molecule has 5 nitrogen and oxygen atoms in total. The summed E-state index contributed by atoms with van der Waals surface area (Å²) in [6, 6.07) is 4.32. The van der Waals surface area contributed by atoms with Gasteiger partial charge in [-0.2, -0.15) is 0 Å². The van der Waals surface area contributed by atoms with Crippen LogP contribution in [0.25, 0.3) is 11.1 Å². The molecule has 1 saturated heterocycles. The second-order valence-corrected chi connectivity index (χ2v) is 8.43. The van der Waals surface area contributed by atoms with Gasteiger partial charge in [0.05, 0.1) is 0 Å². The van der Waals surface area contributed by atoms with Gasteiger partial charge in [0.25, 0.3) is 0 Å². The predicted molar refractivity (Wildman–Crippen MR) is 99.1 cm³/mol. The van der Waals surface area contributed by atoms with Gasteiger partial charge in [0.15, 0.2) is 0 Å². The second-order valence-electron chi connectivity index (χ2n) is 6.74. The molecule has 6 heteroatoms. The number of hydrogen-bond donors (Lipinski definition) is 0. The Morgan fingerprint density at radius 2 is 1.96 bits per heavy atom. The first kappa shape index (κ1) is 16.5. The quantitative estimate of drug-likeness (QED) is 0.627. The minimum Gasteiger partial charge on any atom is -0.616 e. The summed E-state index contributed by atoms with van der Waals surface area (Å²) in [5.41, 5.74) is 4.44. The fourth-order valence-electron chi connectivity index (χ4n) is 3.72. The van der Waals surface area contributed by atoms with Gasteiger partial charge in [0.1, 0.15) is 17.3 Å². The van der Waals surface area contributed by atoms with Crippen molar-refractivity contribution in [1.82, 2.24) is 9.97 Å². The summed E-state index contributed by atoms with van der Waals surface area (Å²) < 4.78 is 11.6. The van der Waals surface area contributed by atoms with Gasteiger partial charge in [-0.25, -0.2) is 4.98 Å². The van der Waals surface area contributed by atoms with E-state index < -0.39 is 11.2 Å². The minimum absolute atomic E-state index is 0.446. The predicted octanol–water partition coefficient (Wildman–Crippen LogP) is 2.68. The van der Waals surface area contributed by atoms with Crippen molar-refractivity contribution in [3.8, 4) is 11.1 Å². The number of anilines is 1. The molecule has 130 valence electrons. The van der Waals surface area contributed by atoms with Gasteiger partial charge >= 0.3 is 0 Å². The number of carbonyl (C=O) groups is 1. The molecule has 2 aromatic rings. The van der Waals surface area contributed by atoms with E-state index in [9.17, 15) is 9.35 Å². The number of aromatic nitrogens is 2. The minimum atomic E-state index is -0.646. The number of amides is 1. The van der Waals surface area contributed by atoms with E-state index >= 15 is 0 Å². The van der Waals surface area contributed by atoms with E-state index in [-0.39, 0.29) is 0 Å². The van der Waals surface area contributed by atoms with E-state index in [1.165, 1.54) is 5.56 Å². The smallest absolute Gasteiger partial charge is 0.215 e. The Bertz CT molecular complexity index is 775. The van der Waals surface area contributed by atoms with Crippen molar-refractivity contribution in [2.75, 3.05) is 23.0 Å². The van der Waals surface area contributed by atoms with Crippen molar-refractivity contribution in [3.05, 3.63) is 41.9 Å². The maximum atomic E-state index is 11.6. The lowest BCUT2D eigenvalue weighted by molar-refractivity contribution is -0.107. The standard InChI is InChI=1S/C19H21N3O2S/c23-13-22-5-1-2-15-8-18(12-21-19(15)22)17-9-16(10-20-11-17)14-3-6-25(24)7-4-14/h8-14H,1-7H2. The highest BCUT2D eigenvalue weighted by Crippen LogP contribution is 2.32. The first-order chi connectivity index (χ1) is 12.2. The lowest BCUT2D eigenvalue weighted by atomic mass is 9.92. The molecular formula is C19H21N3O2S. The number of rotatable bonds is 3. The third-order valence-corrected chi connectivity index (χ3v) is 6.52. The summed E-state index contributed by atoms with van der Waals surface area (Å²) in [5, 5.41) is 0. The Hall–Kier alpha value is -1.92. The van der Waals surface area contributed by atoms with E-state index in [1.54, 1.807) is 4.90 Å². The van der Waals surface area contributed by atoms with Crippen molar-refractivity contribution < 1.29 is 9.35 Å². The molecule has 0 spiro atoms. The van der Waals surface area contributed by atoms with Gasteiger partial charge < -0.3 is 4.55 Å². The Kier molecular flexibility index (Phi) is 4.72. The molecule has 0 saturated carbocycles. The molecule has 0 N–H and O–H groups in total. The number of fused-ring (bicyclic) bond motifs is 1. The van der Waals surface area contributed by atoms with Crippen molar-refractivity contribution in [3.63, 3.8) is 0 Å². The molecule has 0 aliphatic carbocycles. The van der Waals surface area contributed by atoms with Crippen LogP contribution < -0.4 is 4.90 Å². The summed E-state index contributed by atoms with van der Waals surface area (Å²) in [6.07, 6.45) is 10.3. The van der Waals surface area contributed by atoms with Crippen LogP contribution in [-0.2, 0) is 22.4 Å². The van der Waals surface area contributed by atoms with E-state index in [0.29, 0.717) is 5.92 Å². The molecule has 2 aliphatic heterocycles. The number of aryl methyl sites for hydroxylation is 1. The summed E-state index contributed by atoms with van der Waals surface area (Å²) in [4.78, 5) is 21.8. The highest BCUT2D eigenvalue weighted by molar-refractivity contribution is 7.91. The van der Waals surface area contributed by atoms with E-state index in [4.69, 9.17) is 0 Å². The van der Waals surface area contributed by atoms with Gasteiger partial charge in [0, 0.05) is 36.3 Å². The lowest BCUT2D eigenvalue weighted by Gasteiger charge is -2.25. The Labute approximate surface area is 150 Å². The summed E-state index contributed by atoms with van der Waals surface area (Å²) >= 11 is -0.646. The molecule has 2 aromatic heterocycles. The van der Waals surface area contributed by atoms with E-state index in [2.05, 4.69) is 22.1 Å². The first-order valence-corrected chi connectivity index (χ1v) is 10.2. The summed E-state index contributed by atoms with van der Waals surface area (Å²) in [5.74, 6) is 2.80. The monoisotopic (exact) mass is 355 g/mol. The molecule has 4 heterocycles. The van der Waals surface area contributed by atoms with Gasteiger partial charge in [0.2, 0.25) is 6.41 Å². The zero-order valence-electron chi connectivity index (χ0n) is 14.1. The van der Waals surface area contributed by atoms with Crippen molar-refractivity contribution in [2.24, 2.45) is 0 Å². The Morgan fingerprint density at radius 3 is 2.76 bits per heavy atom. The number of pyridine rings is 2. The SMILES string of the molecule is O=CN1CCCc2cc(-c3cncc(C4CC[S+]([O-])CC4)c3)cnc21. The number of nitrogens with zero attached hydrogens (tertiary/aromatic N) is 3. The van der Waals surface area contributed by atoms with Crippen LogP contribution in [0.1, 0.15) is 36.3 Å². The fraction of sp³-hybridized carbons (Fsp3) is 0.421. The molecule has 2 aliphatic rings. The normalized spacial score (nSPS) is 23.2. The topological polar surface area (TPSA) is 69.2 Å². The maximum Gasteiger partial charge on any atom is 0.215 e. The molecule has 0 radical (unpaired) electrons. The second kappa shape index (κ2) is 7.14. The third-order valence-electron chi connectivity index (χ3n) is 5.14. The molecule has 25 heavy (non-hydrogen) atoms. The van der Waals surface area contributed by atoms with E-state index in [1.807, 2.05) is 18.6 Å². The zero-order chi connectivity index (χ0) is 17.2. The van der Waals surface area contributed by atoms with Crippen molar-refractivity contribution >= 4 is 23.4 Å². The Morgan fingerprint density at radius 1 is 1.16 bits per heavy atom. The maximum absolute atomic E-state index is 11.6. The zero-order valence-corrected chi connectivity index (χ0v) is 14.9. The summed E-state index contributed by atoms with van der Waals surface area (Å²) in [7, 11) is 0. The molecule has 0 aromatic carbocycles. The average molecular weight is 355 g/mol. The van der Waals surface area contributed by atoms with Crippen LogP contribution in [0.4, 0.5) is 5.82 Å². The van der Waals surface area contributed by atoms with Crippen LogP contribution in [0.15, 0.2) is 30.7 Å². The van der Waals surface area contributed by atoms with Gasteiger partial charge in [-0.15, -0.1) is 0 Å². The third kappa shape index (κ3) is 3.41. The van der Waals surface area contributed by atoms with Crippen LogP contribution in [0.2, 0.25) is 0 Å². The highest BCUT2D eigenvalue weighted by Gasteiger charge is 2.24. The molecule has 4 rings (SSSR count). The molecule has 0 bridgehead atoms. The number of carbonyl (C=O) groups excluding carboxylic acids is 1. The summed E-state index contributed by atoms with van der Waals surface area (Å²) in [6.45, 7) is 0.739. The van der Waals surface area contributed by atoms with Crippen molar-refractivity contribution in [1.29, 1.82) is 0 Å². The molecule has 0 unspecified atom stereocenters. The first-order valence-electron chi connectivity index (χ1n) is 8.76. The largest absolute Gasteiger partial charge is 0.616 e. The molecular weight excluding hydrogens is 334 g/mol. The molecule has 0 atom stereocenters. The molecule has 1 fully saturated rings. The fourth-order valence-corrected chi connectivity index (χ4v) is 5.02. The van der Waals surface area contributed by atoms with Gasteiger partial charge in [-0.1, -0.05) is 11.2 Å². The van der Waals surface area contributed by atoms with Crippen molar-refractivity contribution in [2.45, 2.75) is 31.6 Å². The highest BCUT2D eigenvalue weighted by atomic mass is 32.2. The molecule has 1 amide bonds. The van der Waals surface area contributed by atoms with Crippen LogP contribution >= 0.6 is 0 Å². The Balaban J connectivity index is 1.62. The van der Waals surface area contributed by atoms with Crippen LogP contribution in [0, 0.1) is 0 Å². The van der Waals surface area contributed by atoms with Gasteiger partial charge in [-0.3, -0.25) is 14.7 Å². The van der Waals surface area contributed by atoms with Crippen LogP contribution in [0.5, 0.6) is 0 Å².